The van der Waals surface area contributed by atoms with Gasteiger partial charge in [0.15, 0.2) is 11.5 Å². The van der Waals surface area contributed by atoms with Crippen LogP contribution < -0.4 is 5.32 Å². The van der Waals surface area contributed by atoms with Crippen molar-refractivity contribution in [3.8, 4) is 0 Å². The first-order valence-electron chi connectivity index (χ1n) is 3.66. The quantitative estimate of drug-likeness (QED) is 0.649. The summed E-state index contributed by atoms with van der Waals surface area (Å²) >= 11 is 0. The first-order valence-corrected chi connectivity index (χ1v) is 3.66. The summed E-state index contributed by atoms with van der Waals surface area (Å²) < 4.78 is 0. The number of nitrogens with zero attached hydrogens (tertiary/aromatic N) is 3. The van der Waals surface area contributed by atoms with Crippen molar-refractivity contribution < 1.29 is 0 Å². The maximum absolute atomic E-state index is 4.18. The van der Waals surface area contributed by atoms with E-state index in [9.17, 15) is 0 Å². The number of rotatable bonds is 1. The molecule has 0 aliphatic heterocycles. The van der Waals surface area contributed by atoms with Crippen molar-refractivity contribution in [2.75, 3.05) is 12.4 Å². The molecule has 0 bridgehead atoms. The number of aromatic amines is 1. The summed E-state index contributed by atoms with van der Waals surface area (Å²) in [6.45, 7) is 1.89. The second-order valence-electron chi connectivity index (χ2n) is 2.49. The molecule has 5 heteroatoms. The van der Waals surface area contributed by atoms with Gasteiger partial charge in [-0.2, -0.15) is 0 Å². The number of nitrogens with one attached hydrogen (secondary N) is 2. The minimum absolute atomic E-state index is 0.701. The lowest BCUT2D eigenvalue weighted by Crippen LogP contribution is -1.93. The zero-order chi connectivity index (χ0) is 8.55. The molecule has 2 heterocycles. The van der Waals surface area contributed by atoms with E-state index in [0.29, 0.717) is 5.65 Å². The Bertz CT molecular complexity index is 405. The van der Waals surface area contributed by atoms with Gasteiger partial charge in [0.2, 0.25) is 0 Å². The molecular formula is C7H9N5. The largest absolute Gasteiger partial charge is 0.371 e. The van der Waals surface area contributed by atoms with Gasteiger partial charge in [-0.15, -0.1) is 0 Å². The van der Waals surface area contributed by atoms with E-state index in [2.05, 4.69) is 25.3 Å². The molecule has 2 aromatic heterocycles. The summed E-state index contributed by atoms with van der Waals surface area (Å²) in [5.74, 6) is 1.63. The number of hydrogen-bond acceptors (Lipinski definition) is 4. The highest BCUT2D eigenvalue weighted by atomic mass is 15.1. The molecule has 12 heavy (non-hydrogen) atoms. The standard InChI is InChI=1S/C7H9N5/c1-4-11-5-6(8-2)9-3-10-7(5)12-4/h3H,1-2H3,(H2,8,9,10,11,12). The third kappa shape index (κ3) is 0.903. The van der Waals surface area contributed by atoms with Crippen molar-refractivity contribution in [2.24, 2.45) is 0 Å². The average molecular weight is 163 g/mol. The molecule has 62 valence electrons. The number of aryl methyl sites for hydroxylation is 1. The summed E-state index contributed by atoms with van der Waals surface area (Å²) in [7, 11) is 1.82. The normalized spacial score (nSPS) is 10.5. The predicted octanol–water partition coefficient (Wildman–Crippen LogP) is 0.703. The van der Waals surface area contributed by atoms with E-state index in [4.69, 9.17) is 0 Å². The van der Waals surface area contributed by atoms with Crippen LogP contribution in [-0.2, 0) is 0 Å². The number of hydrogen-bond donors (Lipinski definition) is 2. The summed E-state index contributed by atoms with van der Waals surface area (Å²) in [6.07, 6.45) is 1.49. The molecule has 0 unspecified atom stereocenters. The van der Waals surface area contributed by atoms with Crippen molar-refractivity contribution in [2.45, 2.75) is 6.92 Å². The Morgan fingerprint density at radius 1 is 1.42 bits per heavy atom. The predicted molar refractivity (Wildman–Crippen MR) is 46.0 cm³/mol. The summed E-state index contributed by atoms with van der Waals surface area (Å²) in [6, 6.07) is 0. The number of imidazole rings is 1. The molecule has 0 aromatic carbocycles. The van der Waals surface area contributed by atoms with Gasteiger partial charge in [0.25, 0.3) is 0 Å². The Kier molecular flexibility index (Phi) is 1.43. The lowest BCUT2D eigenvalue weighted by atomic mass is 10.5. The van der Waals surface area contributed by atoms with E-state index in [1.165, 1.54) is 6.33 Å². The summed E-state index contributed by atoms with van der Waals surface area (Å²) in [4.78, 5) is 15.3. The highest BCUT2D eigenvalue weighted by Crippen LogP contribution is 2.14. The van der Waals surface area contributed by atoms with Gasteiger partial charge >= 0.3 is 0 Å². The van der Waals surface area contributed by atoms with Gasteiger partial charge in [0, 0.05) is 7.05 Å². The Labute approximate surface area is 69.3 Å². The van der Waals surface area contributed by atoms with Crippen molar-refractivity contribution >= 4 is 17.0 Å². The average Bonchev–Trinajstić information content (AvgIpc) is 2.44. The smallest absolute Gasteiger partial charge is 0.183 e. The van der Waals surface area contributed by atoms with Gasteiger partial charge in [-0.05, 0) is 6.92 Å². The van der Waals surface area contributed by atoms with Gasteiger partial charge in [0.1, 0.15) is 17.7 Å². The second-order valence-corrected chi connectivity index (χ2v) is 2.49. The van der Waals surface area contributed by atoms with Crippen LogP contribution in [0, 0.1) is 6.92 Å². The monoisotopic (exact) mass is 163 g/mol. The number of fused-ring (bicyclic) bond motifs is 1. The van der Waals surface area contributed by atoms with Gasteiger partial charge in [0.05, 0.1) is 0 Å². The highest BCUT2D eigenvalue weighted by Gasteiger charge is 2.04. The van der Waals surface area contributed by atoms with Crippen molar-refractivity contribution in [1.82, 2.24) is 19.9 Å². The molecule has 0 amide bonds. The van der Waals surface area contributed by atoms with E-state index < -0.39 is 0 Å². The van der Waals surface area contributed by atoms with Gasteiger partial charge in [-0.3, -0.25) is 0 Å². The Hall–Kier alpha value is -1.65. The Morgan fingerprint density at radius 3 is 3.00 bits per heavy atom. The number of aromatic nitrogens is 4. The van der Waals surface area contributed by atoms with E-state index in [0.717, 1.165) is 17.2 Å². The van der Waals surface area contributed by atoms with Crippen LogP contribution in [0.15, 0.2) is 6.33 Å². The molecule has 0 aliphatic rings. The van der Waals surface area contributed by atoms with Crippen molar-refractivity contribution in [3.63, 3.8) is 0 Å². The minimum atomic E-state index is 0.701. The lowest BCUT2D eigenvalue weighted by molar-refractivity contribution is 1.16. The fourth-order valence-corrected chi connectivity index (χ4v) is 1.13. The fourth-order valence-electron chi connectivity index (χ4n) is 1.13. The van der Waals surface area contributed by atoms with Gasteiger partial charge in [-0.25, -0.2) is 15.0 Å². The van der Waals surface area contributed by atoms with Crippen LogP contribution in [0.1, 0.15) is 5.82 Å². The van der Waals surface area contributed by atoms with E-state index in [1.807, 2.05) is 14.0 Å². The molecule has 2 rings (SSSR count). The molecule has 0 atom stereocenters. The Morgan fingerprint density at radius 2 is 2.25 bits per heavy atom. The van der Waals surface area contributed by atoms with Crippen LogP contribution >= 0.6 is 0 Å². The molecule has 0 radical (unpaired) electrons. The molecule has 2 aromatic rings. The van der Waals surface area contributed by atoms with E-state index in [-0.39, 0.29) is 0 Å². The number of anilines is 1. The van der Waals surface area contributed by atoms with Gasteiger partial charge < -0.3 is 10.3 Å². The molecule has 0 saturated carbocycles. The second kappa shape index (κ2) is 2.44. The van der Waals surface area contributed by atoms with Crippen LogP contribution in [0.3, 0.4) is 0 Å². The highest BCUT2D eigenvalue weighted by molar-refractivity contribution is 5.82. The molecular weight excluding hydrogens is 154 g/mol. The topological polar surface area (TPSA) is 66.5 Å². The summed E-state index contributed by atoms with van der Waals surface area (Å²) in [5.41, 5.74) is 1.56. The maximum Gasteiger partial charge on any atom is 0.183 e. The van der Waals surface area contributed by atoms with Crippen LogP contribution in [-0.4, -0.2) is 27.0 Å². The molecule has 0 spiro atoms. The van der Waals surface area contributed by atoms with Crippen LogP contribution in [0.5, 0.6) is 0 Å². The van der Waals surface area contributed by atoms with Crippen LogP contribution in [0.2, 0.25) is 0 Å². The van der Waals surface area contributed by atoms with Crippen molar-refractivity contribution in [1.29, 1.82) is 0 Å². The zero-order valence-corrected chi connectivity index (χ0v) is 6.92. The Balaban J connectivity index is 2.78. The third-order valence-electron chi connectivity index (χ3n) is 1.64. The van der Waals surface area contributed by atoms with Gasteiger partial charge in [-0.1, -0.05) is 0 Å². The fraction of sp³-hybridized carbons (Fsp3) is 0.286. The molecule has 5 nitrogen and oxygen atoms in total. The zero-order valence-electron chi connectivity index (χ0n) is 6.92. The maximum atomic E-state index is 4.18. The minimum Gasteiger partial charge on any atom is -0.371 e. The van der Waals surface area contributed by atoms with Crippen LogP contribution in [0.25, 0.3) is 11.2 Å². The number of H-pyrrole nitrogens is 1. The molecule has 2 N–H and O–H groups in total. The molecule has 0 fully saturated rings. The molecule has 0 saturated heterocycles. The van der Waals surface area contributed by atoms with E-state index >= 15 is 0 Å². The summed E-state index contributed by atoms with van der Waals surface area (Å²) in [5, 5.41) is 2.96. The molecule has 0 aliphatic carbocycles. The third-order valence-corrected chi connectivity index (χ3v) is 1.64. The van der Waals surface area contributed by atoms with Crippen molar-refractivity contribution in [3.05, 3.63) is 12.2 Å². The first-order chi connectivity index (χ1) is 5.81. The first kappa shape index (κ1) is 7.02. The lowest BCUT2D eigenvalue weighted by Gasteiger charge is -1.96. The van der Waals surface area contributed by atoms with E-state index in [1.54, 1.807) is 0 Å². The van der Waals surface area contributed by atoms with Crippen LogP contribution in [0.4, 0.5) is 5.82 Å². The SMILES string of the molecule is CNc1ncnc2nc(C)[nH]c12.